The average molecular weight is 538 g/mol. The fraction of sp³-hybridized carbons (Fsp3) is 0.174. The van der Waals surface area contributed by atoms with Crippen LogP contribution in [0.25, 0.3) is 28.5 Å². The molecule has 1 amide bonds. The normalized spacial score (nSPS) is 12.8. The molecular weight excluding hydrogens is 522 g/mol. The van der Waals surface area contributed by atoms with Crippen molar-refractivity contribution in [3.8, 4) is 5.69 Å². The number of hydrogen-bond acceptors (Lipinski definition) is 6. The molecule has 0 aliphatic rings. The summed E-state index contributed by atoms with van der Waals surface area (Å²) in [6, 6.07) is 5.46. The minimum absolute atomic E-state index is 0.0740. The number of primary amides is 1. The number of fused-ring (bicyclic) bond motifs is 1. The van der Waals surface area contributed by atoms with Crippen molar-refractivity contribution in [2.45, 2.75) is 19.0 Å². The number of hydrogen-bond donors (Lipinski definition) is 1. The zero-order chi connectivity index (χ0) is 27.8. The van der Waals surface area contributed by atoms with Crippen molar-refractivity contribution in [2.24, 2.45) is 5.73 Å². The van der Waals surface area contributed by atoms with Crippen LogP contribution < -0.4 is 11.4 Å². The Morgan fingerprint density at radius 2 is 1.68 bits per heavy atom. The number of carbonyl (C=O) groups is 1. The number of alkyl halides is 6. The molecule has 0 aliphatic carbocycles. The number of aromatic nitrogens is 5. The molecule has 4 aromatic rings. The number of nitrogens with two attached hydrogens (primary N) is 1. The SMILES string of the molecule is COCc1ccc2ncc(/C(=C\n3cnn(-c4cc(C(F)(F)F)cc(C(F)(F)F)c4)c3=O)C(N)=O)cc2n1. The summed E-state index contributed by atoms with van der Waals surface area (Å²) in [4.78, 5) is 33.6. The van der Waals surface area contributed by atoms with Crippen molar-refractivity contribution < 1.29 is 35.9 Å². The van der Waals surface area contributed by atoms with Crippen molar-refractivity contribution >= 4 is 28.7 Å². The van der Waals surface area contributed by atoms with E-state index in [1.165, 1.54) is 19.4 Å². The largest absolute Gasteiger partial charge is 0.416 e. The first kappa shape index (κ1) is 26.5. The number of pyridine rings is 2. The Hall–Kier alpha value is -4.53. The van der Waals surface area contributed by atoms with E-state index in [4.69, 9.17) is 10.5 Å². The van der Waals surface area contributed by atoms with Gasteiger partial charge in [0.25, 0.3) is 5.91 Å². The molecule has 1 aromatic carbocycles. The highest BCUT2D eigenvalue weighted by atomic mass is 19.4. The van der Waals surface area contributed by atoms with E-state index in [9.17, 15) is 35.9 Å². The standard InChI is InChI=1S/C23H16F6N6O3/c1-38-10-15-2-3-18-19(33-15)4-12(8-31-18)17(20(30)36)9-34-11-32-35(21(34)37)16-6-13(22(24,25)26)5-14(7-16)23(27,28)29/h2-9,11H,10H2,1H3,(H2,30,36)/b17-9+. The summed E-state index contributed by atoms with van der Waals surface area (Å²) in [5.74, 6) is -1.00. The topological polar surface area (TPSA) is 118 Å². The monoisotopic (exact) mass is 538 g/mol. The van der Waals surface area contributed by atoms with Gasteiger partial charge in [0.05, 0.1) is 45.7 Å². The van der Waals surface area contributed by atoms with E-state index >= 15 is 0 Å². The van der Waals surface area contributed by atoms with Crippen LogP contribution in [-0.2, 0) is 28.5 Å². The maximum absolute atomic E-state index is 13.2. The van der Waals surface area contributed by atoms with E-state index in [-0.39, 0.29) is 23.8 Å². The van der Waals surface area contributed by atoms with Crippen LogP contribution in [0.3, 0.4) is 0 Å². The number of halogens is 6. The summed E-state index contributed by atoms with van der Waals surface area (Å²) >= 11 is 0. The molecule has 3 heterocycles. The van der Waals surface area contributed by atoms with E-state index in [1.54, 1.807) is 12.1 Å². The van der Waals surface area contributed by atoms with Gasteiger partial charge in [0.15, 0.2) is 0 Å². The first-order chi connectivity index (χ1) is 17.8. The minimum atomic E-state index is -5.12. The number of methoxy groups -OCH3 is 1. The van der Waals surface area contributed by atoms with Crippen LogP contribution in [-0.4, -0.2) is 37.3 Å². The molecule has 198 valence electrons. The molecule has 0 fully saturated rings. The molecule has 0 unspecified atom stereocenters. The molecule has 4 rings (SSSR count). The first-order valence-electron chi connectivity index (χ1n) is 10.5. The molecule has 0 spiro atoms. The van der Waals surface area contributed by atoms with Gasteiger partial charge < -0.3 is 10.5 Å². The first-order valence-corrected chi connectivity index (χ1v) is 10.5. The van der Waals surface area contributed by atoms with Crippen LogP contribution in [0.5, 0.6) is 0 Å². The van der Waals surface area contributed by atoms with Gasteiger partial charge in [-0.25, -0.2) is 9.78 Å². The Morgan fingerprint density at radius 3 is 2.26 bits per heavy atom. The van der Waals surface area contributed by atoms with E-state index in [2.05, 4.69) is 15.1 Å². The Labute approximate surface area is 208 Å². The lowest BCUT2D eigenvalue weighted by molar-refractivity contribution is -0.143. The second kappa shape index (κ2) is 9.74. The molecule has 2 N–H and O–H groups in total. The van der Waals surface area contributed by atoms with Crippen LogP contribution in [0.15, 0.2) is 53.7 Å². The molecule has 9 nitrogen and oxygen atoms in total. The predicted octanol–water partition coefficient (Wildman–Crippen LogP) is 3.64. The Morgan fingerprint density at radius 1 is 1.03 bits per heavy atom. The number of carbonyl (C=O) groups excluding carboxylic acids is 1. The molecule has 0 saturated carbocycles. The van der Waals surface area contributed by atoms with Gasteiger partial charge in [-0.3, -0.25) is 14.3 Å². The summed E-state index contributed by atoms with van der Waals surface area (Å²) in [5.41, 5.74) is 1.59. The van der Waals surface area contributed by atoms with Crippen LogP contribution in [0.4, 0.5) is 26.3 Å². The third kappa shape index (κ3) is 5.41. The van der Waals surface area contributed by atoms with Crippen LogP contribution in [0, 0.1) is 0 Å². The molecule has 3 aromatic heterocycles. The van der Waals surface area contributed by atoms with Crippen molar-refractivity contribution in [3.05, 3.63) is 81.8 Å². The lowest BCUT2D eigenvalue weighted by atomic mass is 10.1. The zero-order valence-corrected chi connectivity index (χ0v) is 19.2. The number of rotatable bonds is 6. The zero-order valence-electron chi connectivity index (χ0n) is 19.2. The smallest absolute Gasteiger partial charge is 0.378 e. The van der Waals surface area contributed by atoms with Gasteiger partial charge in [-0.1, -0.05) is 0 Å². The predicted molar refractivity (Wildman–Crippen MR) is 121 cm³/mol. The highest BCUT2D eigenvalue weighted by molar-refractivity contribution is 6.22. The summed E-state index contributed by atoms with van der Waals surface area (Å²) in [7, 11) is 1.48. The summed E-state index contributed by atoms with van der Waals surface area (Å²) in [6.07, 6.45) is -7.21. The third-order valence-electron chi connectivity index (χ3n) is 5.24. The maximum Gasteiger partial charge on any atom is 0.416 e. The summed E-state index contributed by atoms with van der Waals surface area (Å²) in [5, 5.41) is 3.61. The number of benzene rings is 1. The highest BCUT2D eigenvalue weighted by Crippen LogP contribution is 2.36. The average Bonchev–Trinajstić information content (AvgIpc) is 3.20. The number of nitrogens with zero attached hydrogens (tertiary/aromatic N) is 5. The highest BCUT2D eigenvalue weighted by Gasteiger charge is 2.37. The Bertz CT molecular complexity index is 1590. The summed E-state index contributed by atoms with van der Waals surface area (Å²) < 4.78 is 85.4. The molecule has 0 saturated heterocycles. The van der Waals surface area contributed by atoms with Crippen molar-refractivity contribution in [3.63, 3.8) is 0 Å². The number of amides is 1. The van der Waals surface area contributed by atoms with Crippen molar-refractivity contribution in [1.82, 2.24) is 24.3 Å². The molecule has 0 aliphatic heterocycles. The van der Waals surface area contributed by atoms with E-state index in [0.29, 0.717) is 38.1 Å². The van der Waals surface area contributed by atoms with Crippen LogP contribution in [0.2, 0.25) is 0 Å². The molecule has 15 heteroatoms. The maximum atomic E-state index is 13.2. The number of ether oxygens (including phenoxy) is 1. The minimum Gasteiger partial charge on any atom is -0.378 e. The van der Waals surface area contributed by atoms with Crippen LogP contribution >= 0.6 is 0 Å². The molecule has 0 radical (unpaired) electrons. The molecular formula is C23H16F6N6O3. The quantitative estimate of drug-likeness (QED) is 0.296. The van der Waals surface area contributed by atoms with Gasteiger partial charge in [0.1, 0.15) is 6.33 Å². The van der Waals surface area contributed by atoms with E-state index in [1.807, 2.05) is 0 Å². The summed E-state index contributed by atoms with van der Waals surface area (Å²) in [6.45, 7) is 0.207. The molecule has 0 atom stereocenters. The lowest BCUT2D eigenvalue weighted by Gasteiger charge is -2.13. The lowest BCUT2D eigenvalue weighted by Crippen LogP contribution is -2.23. The second-order valence-electron chi connectivity index (χ2n) is 7.90. The Balaban J connectivity index is 1.81. The van der Waals surface area contributed by atoms with Gasteiger partial charge in [-0.2, -0.15) is 36.1 Å². The fourth-order valence-electron chi connectivity index (χ4n) is 3.49. The van der Waals surface area contributed by atoms with Gasteiger partial charge in [-0.05, 0) is 36.4 Å². The van der Waals surface area contributed by atoms with Gasteiger partial charge in [0.2, 0.25) is 0 Å². The van der Waals surface area contributed by atoms with Gasteiger partial charge >= 0.3 is 18.0 Å². The van der Waals surface area contributed by atoms with Crippen molar-refractivity contribution in [2.75, 3.05) is 7.11 Å². The van der Waals surface area contributed by atoms with Crippen LogP contribution in [0.1, 0.15) is 22.4 Å². The van der Waals surface area contributed by atoms with Gasteiger partial charge in [0, 0.05) is 25.1 Å². The van der Waals surface area contributed by atoms with E-state index in [0.717, 1.165) is 12.5 Å². The Kier molecular flexibility index (Phi) is 6.80. The van der Waals surface area contributed by atoms with E-state index < -0.39 is 40.8 Å². The fourth-order valence-corrected chi connectivity index (χ4v) is 3.49. The molecule has 38 heavy (non-hydrogen) atoms. The van der Waals surface area contributed by atoms with Gasteiger partial charge in [-0.15, -0.1) is 0 Å². The van der Waals surface area contributed by atoms with Crippen molar-refractivity contribution in [1.29, 1.82) is 0 Å². The third-order valence-corrected chi connectivity index (χ3v) is 5.24. The molecule has 0 bridgehead atoms. The second-order valence-corrected chi connectivity index (χ2v) is 7.90.